The van der Waals surface area contributed by atoms with Gasteiger partial charge in [-0.05, 0) is 25.8 Å². The molecule has 17 heavy (non-hydrogen) atoms. The summed E-state index contributed by atoms with van der Waals surface area (Å²) in [5.41, 5.74) is 1.96. The van der Waals surface area contributed by atoms with Crippen LogP contribution in [0.4, 0.5) is 0 Å². The summed E-state index contributed by atoms with van der Waals surface area (Å²) in [5, 5.41) is 17.9. The SMILES string of the molecule is Cc1[nH]ncc1CCC(=O)NC(C)CC(=O)O. The van der Waals surface area contributed by atoms with Crippen LogP contribution in [-0.2, 0) is 16.0 Å². The molecule has 1 heterocycles. The average Bonchev–Trinajstić information content (AvgIpc) is 2.59. The molecule has 1 aromatic rings. The molecule has 0 aliphatic rings. The van der Waals surface area contributed by atoms with E-state index in [0.29, 0.717) is 12.8 Å². The van der Waals surface area contributed by atoms with Crippen molar-refractivity contribution < 1.29 is 14.7 Å². The molecule has 0 bridgehead atoms. The topological polar surface area (TPSA) is 95.1 Å². The number of hydrogen-bond acceptors (Lipinski definition) is 3. The number of aromatic nitrogens is 2. The van der Waals surface area contributed by atoms with Gasteiger partial charge in [-0.15, -0.1) is 0 Å². The monoisotopic (exact) mass is 239 g/mol. The average molecular weight is 239 g/mol. The third-order valence-corrected chi connectivity index (χ3v) is 2.44. The molecule has 3 N–H and O–H groups in total. The van der Waals surface area contributed by atoms with Crippen LogP contribution < -0.4 is 5.32 Å². The minimum Gasteiger partial charge on any atom is -0.481 e. The standard InChI is InChI=1S/C11H17N3O3/c1-7(5-11(16)17)13-10(15)4-3-9-6-12-14-8(9)2/h6-7H,3-5H2,1-2H3,(H,12,14)(H,13,15)(H,16,17). The minimum absolute atomic E-state index is 0.0590. The quantitative estimate of drug-likeness (QED) is 0.678. The molecule has 1 atom stereocenters. The first-order chi connectivity index (χ1) is 7.99. The van der Waals surface area contributed by atoms with E-state index in [-0.39, 0.29) is 18.4 Å². The Bertz CT molecular complexity index is 400. The zero-order valence-electron chi connectivity index (χ0n) is 9.99. The molecule has 94 valence electrons. The molecule has 6 nitrogen and oxygen atoms in total. The number of carboxylic acids is 1. The molecule has 1 aromatic heterocycles. The Morgan fingerprint density at radius 1 is 1.59 bits per heavy atom. The fourth-order valence-electron chi connectivity index (χ4n) is 1.54. The zero-order valence-corrected chi connectivity index (χ0v) is 9.99. The van der Waals surface area contributed by atoms with Crippen LogP contribution in [-0.4, -0.2) is 33.2 Å². The highest BCUT2D eigenvalue weighted by molar-refractivity contribution is 5.77. The number of hydrogen-bond donors (Lipinski definition) is 3. The van der Waals surface area contributed by atoms with Crippen LogP contribution >= 0.6 is 0 Å². The zero-order chi connectivity index (χ0) is 12.8. The Hall–Kier alpha value is -1.85. The second-order valence-electron chi connectivity index (χ2n) is 4.09. The van der Waals surface area contributed by atoms with Crippen molar-refractivity contribution in [2.24, 2.45) is 0 Å². The van der Waals surface area contributed by atoms with Crippen LogP contribution in [0.25, 0.3) is 0 Å². The Balaban J connectivity index is 2.30. The largest absolute Gasteiger partial charge is 0.481 e. The number of carbonyl (C=O) groups is 2. The molecule has 6 heteroatoms. The van der Waals surface area contributed by atoms with Gasteiger partial charge in [0.05, 0.1) is 12.6 Å². The van der Waals surface area contributed by atoms with Crippen molar-refractivity contribution in [3.05, 3.63) is 17.5 Å². The van der Waals surface area contributed by atoms with E-state index in [4.69, 9.17) is 5.11 Å². The van der Waals surface area contributed by atoms with Crippen molar-refractivity contribution in [3.8, 4) is 0 Å². The molecular weight excluding hydrogens is 222 g/mol. The predicted octanol–water partition coefficient (Wildman–Crippen LogP) is 0.630. The van der Waals surface area contributed by atoms with Gasteiger partial charge in [-0.2, -0.15) is 5.10 Å². The Morgan fingerprint density at radius 2 is 2.29 bits per heavy atom. The number of carboxylic acid groups (broad SMARTS) is 1. The van der Waals surface area contributed by atoms with Gasteiger partial charge in [0.25, 0.3) is 0 Å². The smallest absolute Gasteiger partial charge is 0.305 e. The lowest BCUT2D eigenvalue weighted by atomic mass is 10.1. The van der Waals surface area contributed by atoms with Crippen molar-refractivity contribution in [1.82, 2.24) is 15.5 Å². The summed E-state index contributed by atoms with van der Waals surface area (Å²) in [5.74, 6) is -1.05. The lowest BCUT2D eigenvalue weighted by molar-refractivity contribution is -0.137. The molecule has 0 fully saturated rings. The molecule has 1 rings (SSSR count). The van der Waals surface area contributed by atoms with Crippen molar-refractivity contribution >= 4 is 11.9 Å². The highest BCUT2D eigenvalue weighted by Crippen LogP contribution is 2.05. The van der Waals surface area contributed by atoms with E-state index in [2.05, 4.69) is 15.5 Å². The number of carbonyl (C=O) groups excluding carboxylic acids is 1. The van der Waals surface area contributed by atoms with Gasteiger partial charge in [-0.1, -0.05) is 0 Å². The summed E-state index contributed by atoms with van der Waals surface area (Å²) in [6, 6.07) is -0.342. The van der Waals surface area contributed by atoms with E-state index in [0.717, 1.165) is 11.3 Å². The van der Waals surface area contributed by atoms with Crippen molar-refractivity contribution in [2.75, 3.05) is 0 Å². The van der Waals surface area contributed by atoms with E-state index < -0.39 is 5.97 Å². The molecule has 0 spiro atoms. The molecule has 0 radical (unpaired) electrons. The summed E-state index contributed by atoms with van der Waals surface area (Å²) in [7, 11) is 0. The molecule has 0 saturated carbocycles. The summed E-state index contributed by atoms with van der Waals surface area (Å²) in [6.07, 6.45) is 2.58. The van der Waals surface area contributed by atoms with Crippen molar-refractivity contribution in [2.45, 2.75) is 39.2 Å². The van der Waals surface area contributed by atoms with Crippen LogP contribution in [0.2, 0.25) is 0 Å². The lowest BCUT2D eigenvalue weighted by Gasteiger charge is -2.11. The molecule has 0 aromatic carbocycles. The van der Waals surface area contributed by atoms with E-state index in [1.165, 1.54) is 0 Å². The van der Waals surface area contributed by atoms with E-state index in [1.54, 1.807) is 13.1 Å². The van der Waals surface area contributed by atoms with Gasteiger partial charge in [0.1, 0.15) is 0 Å². The summed E-state index contributed by atoms with van der Waals surface area (Å²) >= 11 is 0. The van der Waals surface area contributed by atoms with Crippen LogP contribution in [0.1, 0.15) is 31.0 Å². The maximum Gasteiger partial charge on any atom is 0.305 e. The summed E-state index contributed by atoms with van der Waals surface area (Å²) in [4.78, 5) is 21.9. The molecule has 1 amide bonds. The maximum absolute atomic E-state index is 11.5. The van der Waals surface area contributed by atoms with Gasteiger partial charge in [-0.25, -0.2) is 0 Å². The maximum atomic E-state index is 11.5. The van der Waals surface area contributed by atoms with Crippen LogP contribution in [0, 0.1) is 6.92 Å². The Labute approximate surface area is 99.4 Å². The van der Waals surface area contributed by atoms with Crippen molar-refractivity contribution in [1.29, 1.82) is 0 Å². The fourth-order valence-corrected chi connectivity index (χ4v) is 1.54. The molecule has 0 saturated heterocycles. The minimum atomic E-state index is -0.913. The Kier molecular flexibility index (Phi) is 4.68. The summed E-state index contributed by atoms with van der Waals surface area (Å²) < 4.78 is 0. The van der Waals surface area contributed by atoms with Crippen LogP contribution in [0.15, 0.2) is 6.20 Å². The van der Waals surface area contributed by atoms with Gasteiger partial charge in [-0.3, -0.25) is 14.7 Å². The molecule has 0 aliphatic heterocycles. The Morgan fingerprint density at radius 3 is 2.82 bits per heavy atom. The first-order valence-corrected chi connectivity index (χ1v) is 5.49. The highest BCUT2D eigenvalue weighted by Gasteiger charge is 2.11. The van der Waals surface area contributed by atoms with E-state index in [9.17, 15) is 9.59 Å². The predicted molar refractivity (Wildman–Crippen MR) is 61.5 cm³/mol. The van der Waals surface area contributed by atoms with Gasteiger partial charge in [0.15, 0.2) is 0 Å². The van der Waals surface area contributed by atoms with Gasteiger partial charge in [0, 0.05) is 18.2 Å². The second kappa shape index (κ2) is 6.03. The summed E-state index contributed by atoms with van der Waals surface area (Å²) in [6.45, 7) is 3.57. The number of aromatic amines is 1. The lowest BCUT2D eigenvalue weighted by Crippen LogP contribution is -2.34. The highest BCUT2D eigenvalue weighted by atomic mass is 16.4. The number of H-pyrrole nitrogens is 1. The number of aliphatic carboxylic acids is 1. The van der Waals surface area contributed by atoms with Gasteiger partial charge in [0.2, 0.25) is 5.91 Å². The number of amides is 1. The fraction of sp³-hybridized carbons (Fsp3) is 0.545. The number of rotatable bonds is 6. The number of nitrogens with zero attached hydrogens (tertiary/aromatic N) is 1. The third-order valence-electron chi connectivity index (χ3n) is 2.44. The van der Waals surface area contributed by atoms with Gasteiger partial charge >= 0.3 is 5.97 Å². The van der Waals surface area contributed by atoms with E-state index in [1.807, 2.05) is 6.92 Å². The van der Waals surface area contributed by atoms with Crippen LogP contribution in [0.3, 0.4) is 0 Å². The molecule has 1 unspecified atom stereocenters. The molecule has 0 aliphatic carbocycles. The van der Waals surface area contributed by atoms with Crippen molar-refractivity contribution in [3.63, 3.8) is 0 Å². The normalized spacial score (nSPS) is 12.1. The van der Waals surface area contributed by atoms with Gasteiger partial charge < -0.3 is 10.4 Å². The first-order valence-electron chi connectivity index (χ1n) is 5.49. The first kappa shape index (κ1) is 13.2. The number of nitrogens with one attached hydrogen (secondary N) is 2. The molecular formula is C11H17N3O3. The van der Waals surface area contributed by atoms with E-state index >= 15 is 0 Å². The van der Waals surface area contributed by atoms with Crippen LogP contribution in [0.5, 0.6) is 0 Å². The second-order valence-corrected chi connectivity index (χ2v) is 4.09. The third kappa shape index (κ3) is 4.67. The number of aryl methyl sites for hydroxylation is 2.